The van der Waals surface area contributed by atoms with E-state index in [-0.39, 0.29) is 11.5 Å². The van der Waals surface area contributed by atoms with Crippen molar-refractivity contribution in [1.29, 1.82) is 0 Å². The van der Waals surface area contributed by atoms with Crippen molar-refractivity contribution in [3.63, 3.8) is 0 Å². The van der Waals surface area contributed by atoms with E-state index in [4.69, 9.17) is 25.0 Å². The minimum absolute atomic E-state index is 0.276. The second-order valence-electron chi connectivity index (χ2n) is 7.32. The molecule has 0 bridgehead atoms. The van der Waals surface area contributed by atoms with Gasteiger partial charge in [-0.25, -0.2) is 0 Å². The van der Waals surface area contributed by atoms with E-state index in [1.807, 2.05) is 27.7 Å². The van der Waals surface area contributed by atoms with Gasteiger partial charge < -0.3 is 25.0 Å². The van der Waals surface area contributed by atoms with Gasteiger partial charge in [-0.3, -0.25) is 0 Å². The molecular weight excluding hydrogens is 399 g/mol. The predicted molar refractivity (Wildman–Crippen MR) is 121 cm³/mol. The second kappa shape index (κ2) is 8.33. The van der Waals surface area contributed by atoms with Gasteiger partial charge in [0.25, 0.3) is 0 Å². The highest BCUT2D eigenvalue weighted by Gasteiger charge is 2.35. The van der Waals surface area contributed by atoms with Gasteiger partial charge in [0.2, 0.25) is 0 Å². The SMILES string of the molecule is Cc1c(C)c(C)c(OP(=O)(Oc2cccc(N)c2)Oc2cccc(N)c2)c(C)c1C. The largest absolute Gasteiger partial charge is 0.647 e. The molecule has 7 heteroatoms. The highest BCUT2D eigenvalue weighted by Crippen LogP contribution is 2.52. The Balaban J connectivity index is 2.07. The minimum Gasteiger partial charge on any atom is -0.399 e. The van der Waals surface area contributed by atoms with Crippen LogP contribution < -0.4 is 25.0 Å². The molecule has 0 amide bonds. The van der Waals surface area contributed by atoms with Crippen molar-refractivity contribution in [3.05, 3.63) is 76.3 Å². The summed E-state index contributed by atoms with van der Waals surface area (Å²) >= 11 is 0. The van der Waals surface area contributed by atoms with Crippen LogP contribution in [0.3, 0.4) is 0 Å². The zero-order chi connectivity index (χ0) is 22.1. The summed E-state index contributed by atoms with van der Waals surface area (Å²) in [7, 11) is -4.14. The molecular formula is C23H27N2O4P. The van der Waals surface area contributed by atoms with E-state index in [1.54, 1.807) is 48.5 Å². The Morgan fingerprint density at radius 3 is 1.43 bits per heavy atom. The van der Waals surface area contributed by atoms with Crippen LogP contribution >= 0.6 is 7.82 Å². The van der Waals surface area contributed by atoms with Crippen LogP contribution in [0.4, 0.5) is 11.4 Å². The van der Waals surface area contributed by atoms with E-state index in [1.165, 1.54) is 5.56 Å². The lowest BCUT2D eigenvalue weighted by molar-refractivity contribution is 0.297. The lowest BCUT2D eigenvalue weighted by Gasteiger charge is -2.24. The summed E-state index contributed by atoms with van der Waals surface area (Å²) in [5, 5.41) is 0. The first kappa shape index (κ1) is 21.6. The molecule has 4 N–H and O–H groups in total. The van der Waals surface area contributed by atoms with Gasteiger partial charge in [0.1, 0.15) is 17.2 Å². The Morgan fingerprint density at radius 1 is 0.633 bits per heavy atom. The molecule has 6 nitrogen and oxygen atoms in total. The summed E-state index contributed by atoms with van der Waals surface area (Å²) in [4.78, 5) is 0. The van der Waals surface area contributed by atoms with Gasteiger partial charge in [-0.2, -0.15) is 4.57 Å². The molecule has 0 aliphatic carbocycles. The first-order chi connectivity index (χ1) is 14.1. The fraction of sp³-hybridized carbons (Fsp3) is 0.217. The van der Waals surface area contributed by atoms with Gasteiger partial charge in [0.05, 0.1) is 0 Å². The third-order valence-corrected chi connectivity index (χ3v) is 6.56. The van der Waals surface area contributed by atoms with Crippen LogP contribution in [0.2, 0.25) is 0 Å². The number of nitrogens with two attached hydrogens (primary N) is 2. The fourth-order valence-electron chi connectivity index (χ4n) is 3.17. The standard InChI is InChI=1S/C23H27N2O4P/c1-14-15(2)17(4)23(18(5)16(14)3)29-30(26,27-21-10-6-8-19(24)12-21)28-22-11-7-9-20(25)13-22/h6-13H,24-25H2,1-5H3. The van der Waals surface area contributed by atoms with E-state index >= 15 is 0 Å². The fourth-order valence-corrected chi connectivity index (χ4v) is 4.52. The van der Waals surface area contributed by atoms with Crippen molar-refractivity contribution in [2.24, 2.45) is 0 Å². The molecule has 0 atom stereocenters. The predicted octanol–water partition coefficient (Wildman–Crippen LogP) is 6.04. The molecule has 0 unspecified atom stereocenters. The molecule has 0 radical (unpaired) electrons. The van der Waals surface area contributed by atoms with Crippen molar-refractivity contribution in [2.45, 2.75) is 34.6 Å². The smallest absolute Gasteiger partial charge is 0.399 e. The molecule has 0 aliphatic rings. The van der Waals surface area contributed by atoms with Crippen molar-refractivity contribution in [2.75, 3.05) is 11.5 Å². The Bertz CT molecular complexity index is 1060. The first-order valence-corrected chi connectivity index (χ1v) is 11.0. The van der Waals surface area contributed by atoms with Gasteiger partial charge in [0.15, 0.2) is 0 Å². The van der Waals surface area contributed by atoms with Crippen LogP contribution in [-0.2, 0) is 4.57 Å². The number of nitrogen functional groups attached to an aromatic ring is 2. The number of hydrogen-bond acceptors (Lipinski definition) is 6. The van der Waals surface area contributed by atoms with E-state index in [0.717, 1.165) is 22.3 Å². The van der Waals surface area contributed by atoms with Gasteiger partial charge >= 0.3 is 7.82 Å². The number of anilines is 2. The van der Waals surface area contributed by atoms with Crippen LogP contribution in [0.5, 0.6) is 17.2 Å². The Morgan fingerprint density at radius 2 is 1.03 bits per heavy atom. The van der Waals surface area contributed by atoms with Crippen LogP contribution in [0, 0.1) is 34.6 Å². The van der Waals surface area contributed by atoms with Crippen molar-refractivity contribution >= 4 is 19.2 Å². The van der Waals surface area contributed by atoms with Crippen LogP contribution in [0.1, 0.15) is 27.8 Å². The zero-order valence-corrected chi connectivity index (χ0v) is 18.7. The van der Waals surface area contributed by atoms with Gasteiger partial charge in [0, 0.05) is 23.5 Å². The third kappa shape index (κ3) is 4.55. The topological polar surface area (TPSA) is 96.8 Å². The van der Waals surface area contributed by atoms with Crippen molar-refractivity contribution in [1.82, 2.24) is 0 Å². The lowest BCUT2D eigenvalue weighted by Crippen LogP contribution is -2.10. The van der Waals surface area contributed by atoms with E-state index in [0.29, 0.717) is 17.1 Å². The lowest BCUT2D eigenvalue weighted by atomic mass is 9.94. The molecule has 0 aromatic heterocycles. The number of rotatable bonds is 6. The summed E-state index contributed by atoms with van der Waals surface area (Å²) in [6.45, 7) is 9.92. The molecule has 3 aromatic carbocycles. The number of benzene rings is 3. The first-order valence-electron chi connectivity index (χ1n) is 9.56. The number of phosphoric acid groups is 1. The summed E-state index contributed by atoms with van der Waals surface area (Å²) in [5.41, 5.74) is 17.7. The Kier molecular flexibility index (Phi) is 5.99. The maximum atomic E-state index is 13.8. The molecule has 3 rings (SSSR count). The quantitative estimate of drug-likeness (QED) is 0.369. The van der Waals surface area contributed by atoms with Crippen LogP contribution in [-0.4, -0.2) is 0 Å². The van der Waals surface area contributed by atoms with Crippen molar-refractivity contribution in [3.8, 4) is 17.2 Å². The number of phosphoric ester groups is 1. The van der Waals surface area contributed by atoms with Gasteiger partial charge in [-0.1, -0.05) is 12.1 Å². The summed E-state index contributed by atoms with van der Waals surface area (Å²) in [5.74, 6) is 1.03. The van der Waals surface area contributed by atoms with Crippen molar-refractivity contribution < 1.29 is 18.1 Å². The number of hydrogen-bond donors (Lipinski definition) is 2. The molecule has 30 heavy (non-hydrogen) atoms. The maximum absolute atomic E-state index is 13.8. The van der Waals surface area contributed by atoms with E-state index < -0.39 is 7.82 Å². The molecule has 0 saturated carbocycles. The van der Waals surface area contributed by atoms with Crippen LogP contribution in [0.25, 0.3) is 0 Å². The normalized spacial score (nSPS) is 11.2. The molecule has 0 fully saturated rings. The second-order valence-corrected chi connectivity index (χ2v) is 8.76. The molecule has 0 aliphatic heterocycles. The summed E-state index contributed by atoms with van der Waals surface area (Å²) in [6.07, 6.45) is 0. The molecule has 0 saturated heterocycles. The minimum atomic E-state index is -4.14. The highest BCUT2D eigenvalue weighted by molar-refractivity contribution is 7.49. The van der Waals surface area contributed by atoms with E-state index in [9.17, 15) is 4.57 Å². The Hall–Kier alpha value is -3.11. The van der Waals surface area contributed by atoms with Gasteiger partial charge in [-0.05, 0) is 86.7 Å². The summed E-state index contributed by atoms with van der Waals surface area (Å²) in [6, 6.07) is 13.2. The average molecular weight is 426 g/mol. The molecule has 0 spiro atoms. The monoisotopic (exact) mass is 426 g/mol. The molecule has 158 valence electrons. The summed E-state index contributed by atoms with van der Waals surface area (Å²) < 4.78 is 31.3. The third-order valence-electron chi connectivity index (χ3n) is 5.28. The zero-order valence-electron chi connectivity index (χ0n) is 17.9. The average Bonchev–Trinajstić information content (AvgIpc) is 2.68. The van der Waals surface area contributed by atoms with Crippen LogP contribution in [0.15, 0.2) is 48.5 Å². The molecule has 0 heterocycles. The highest BCUT2D eigenvalue weighted by atomic mass is 31.2. The maximum Gasteiger partial charge on any atom is 0.647 e. The van der Waals surface area contributed by atoms with Gasteiger partial charge in [-0.15, -0.1) is 0 Å². The molecule has 3 aromatic rings. The Labute approximate surface area is 177 Å². The van der Waals surface area contributed by atoms with E-state index in [2.05, 4.69) is 6.92 Å².